The molecule has 1 aromatic heterocycles. The minimum absolute atomic E-state index is 0.0719. The fourth-order valence-corrected chi connectivity index (χ4v) is 4.10. The molecule has 0 atom stereocenters. The van der Waals surface area contributed by atoms with Gasteiger partial charge in [-0.1, -0.05) is 29.8 Å². The molecule has 2 aromatic rings. The highest BCUT2D eigenvalue weighted by Gasteiger charge is 2.17. The van der Waals surface area contributed by atoms with Crippen LogP contribution >= 0.6 is 22.9 Å². The van der Waals surface area contributed by atoms with Crippen LogP contribution in [0.2, 0.25) is 5.02 Å². The third-order valence-electron chi connectivity index (χ3n) is 4.28. The fourth-order valence-electron chi connectivity index (χ4n) is 2.93. The lowest BCUT2D eigenvalue weighted by Crippen LogP contribution is -2.22. The predicted octanol–water partition coefficient (Wildman–Crippen LogP) is 3.67. The average Bonchev–Trinajstić information content (AvgIpc) is 3.21. The first-order chi connectivity index (χ1) is 11.6. The molecule has 0 aliphatic carbocycles. The van der Waals surface area contributed by atoms with Gasteiger partial charge in [0.15, 0.2) is 0 Å². The second-order valence-electron chi connectivity index (χ2n) is 6.09. The Bertz CT molecular complexity index is 710. The maximum atomic E-state index is 12.4. The van der Waals surface area contributed by atoms with Crippen LogP contribution in [0.15, 0.2) is 24.3 Å². The number of hydrogen-bond donors (Lipinski definition) is 1. The minimum atomic E-state index is -0.0719. The molecule has 24 heavy (non-hydrogen) atoms. The molecule has 0 spiro atoms. The Morgan fingerprint density at radius 3 is 2.83 bits per heavy atom. The zero-order chi connectivity index (χ0) is 16.9. The number of amides is 1. The van der Waals surface area contributed by atoms with E-state index in [1.54, 1.807) is 0 Å². The normalized spacial score (nSPS) is 14.9. The second-order valence-corrected chi connectivity index (χ2v) is 7.59. The first-order valence-electron chi connectivity index (χ1n) is 8.34. The van der Waals surface area contributed by atoms with Crippen molar-refractivity contribution in [2.24, 2.45) is 0 Å². The largest absolute Gasteiger partial charge is 0.347 e. The van der Waals surface area contributed by atoms with Crippen LogP contribution in [0.25, 0.3) is 0 Å². The molecular weight excluding hydrogens is 342 g/mol. The summed E-state index contributed by atoms with van der Waals surface area (Å²) >= 11 is 7.63. The molecule has 3 rings (SSSR count). The van der Waals surface area contributed by atoms with Crippen molar-refractivity contribution in [2.45, 2.75) is 32.7 Å². The Morgan fingerprint density at radius 1 is 1.33 bits per heavy atom. The van der Waals surface area contributed by atoms with Crippen LogP contribution in [-0.2, 0) is 13.0 Å². The van der Waals surface area contributed by atoms with Gasteiger partial charge in [-0.3, -0.25) is 4.79 Å². The van der Waals surface area contributed by atoms with Gasteiger partial charge in [-0.25, -0.2) is 4.98 Å². The minimum Gasteiger partial charge on any atom is -0.347 e. The van der Waals surface area contributed by atoms with E-state index in [0.29, 0.717) is 16.4 Å². The summed E-state index contributed by atoms with van der Waals surface area (Å²) in [6.45, 7) is 5.75. The third-order valence-corrected chi connectivity index (χ3v) is 5.87. The maximum Gasteiger partial charge on any atom is 0.263 e. The molecule has 1 N–H and O–H groups in total. The number of thiazole rings is 1. The van der Waals surface area contributed by atoms with Crippen LogP contribution in [-0.4, -0.2) is 35.4 Å². The van der Waals surface area contributed by atoms with E-state index in [-0.39, 0.29) is 5.91 Å². The number of carbonyl (C=O) groups excluding carboxylic acids is 1. The number of halogens is 1. The quantitative estimate of drug-likeness (QED) is 0.851. The van der Waals surface area contributed by atoms with Gasteiger partial charge in [-0.05, 0) is 44.5 Å². The van der Waals surface area contributed by atoms with Crippen molar-refractivity contribution < 1.29 is 4.79 Å². The van der Waals surface area contributed by atoms with E-state index >= 15 is 0 Å². The van der Waals surface area contributed by atoms with Crippen LogP contribution in [0.3, 0.4) is 0 Å². The number of aromatic nitrogens is 1. The summed E-state index contributed by atoms with van der Waals surface area (Å²) in [7, 11) is 0. The standard InChI is InChI=1S/C18H22ClN3OS/c1-13-17(18(23)20-12-14-6-2-3-7-15(14)19)24-16(21-13)8-11-22-9-4-5-10-22/h2-3,6-7H,4-5,8-12H2,1H3,(H,20,23). The highest BCUT2D eigenvalue weighted by Crippen LogP contribution is 2.20. The highest BCUT2D eigenvalue weighted by molar-refractivity contribution is 7.13. The van der Waals surface area contributed by atoms with Gasteiger partial charge >= 0.3 is 0 Å². The van der Waals surface area contributed by atoms with Gasteiger partial charge < -0.3 is 10.2 Å². The average molecular weight is 364 g/mol. The number of rotatable bonds is 6. The molecule has 1 amide bonds. The molecular formula is C18H22ClN3OS. The Hall–Kier alpha value is -1.43. The van der Waals surface area contributed by atoms with Gasteiger partial charge in [-0.15, -0.1) is 11.3 Å². The molecule has 1 aliphatic rings. The lowest BCUT2D eigenvalue weighted by atomic mass is 10.2. The maximum absolute atomic E-state index is 12.4. The van der Waals surface area contributed by atoms with Gasteiger partial charge in [0.25, 0.3) is 5.91 Å². The van der Waals surface area contributed by atoms with Crippen LogP contribution < -0.4 is 5.32 Å². The molecule has 0 saturated carbocycles. The first-order valence-corrected chi connectivity index (χ1v) is 9.53. The summed E-state index contributed by atoms with van der Waals surface area (Å²) in [5.41, 5.74) is 1.73. The molecule has 1 aliphatic heterocycles. The lowest BCUT2D eigenvalue weighted by Gasteiger charge is -2.12. The molecule has 0 bridgehead atoms. The van der Waals surface area contributed by atoms with E-state index < -0.39 is 0 Å². The second kappa shape index (κ2) is 8.10. The van der Waals surface area contributed by atoms with Gasteiger partial charge in [0, 0.05) is 24.5 Å². The number of likely N-dealkylation sites (tertiary alicyclic amines) is 1. The zero-order valence-electron chi connectivity index (χ0n) is 13.8. The molecule has 0 radical (unpaired) electrons. The van der Waals surface area contributed by atoms with Crippen molar-refractivity contribution in [3.63, 3.8) is 0 Å². The molecule has 128 valence electrons. The van der Waals surface area contributed by atoms with Gasteiger partial charge in [0.2, 0.25) is 0 Å². The van der Waals surface area contributed by atoms with Crippen LogP contribution in [0.4, 0.5) is 0 Å². The Kier molecular flexibility index (Phi) is 5.87. The molecule has 1 fully saturated rings. The first kappa shape index (κ1) is 17.4. The molecule has 2 heterocycles. The van der Waals surface area contributed by atoms with E-state index in [1.807, 2.05) is 31.2 Å². The number of nitrogens with zero attached hydrogens (tertiary/aromatic N) is 2. The summed E-state index contributed by atoms with van der Waals surface area (Å²) in [5, 5.41) is 4.66. The summed E-state index contributed by atoms with van der Waals surface area (Å²) in [5.74, 6) is -0.0719. The Morgan fingerprint density at radius 2 is 2.08 bits per heavy atom. The van der Waals surface area contributed by atoms with E-state index in [9.17, 15) is 4.79 Å². The smallest absolute Gasteiger partial charge is 0.263 e. The van der Waals surface area contributed by atoms with E-state index in [0.717, 1.165) is 29.2 Å². The number of hydrogen-bond acceptors (Lipinski definition) is 4. The van der Waals surface area contributed by atoms with Gasteiger partial charge in [-0.2, -0.15) is 0 Å². The summed E-state index contributed by atoms with van der Waals surface area (Å²) in [6.07, 6.45) is 3.52. The zero-order valence-corrected chi connectivity index (χ0v) is 15.4. The monoisotopic (exact) mass is 363 g/mol. The molecule has 4 nitrogen and oxygen atoms in total. The molecule has 1 saturated heterocycles. The molecule has 0 unspecified atom stereocenters. The van der Waals surface area contributed by atoms with Crippen LogP contribution in [0.5, 0.6) is 0 Å². The van der Waals surface area contributed by atoms with Gasteiger partial charge in [0.1, 0.15) is 4.88 Å². The molecule has 6 heteroatoms. The topological polar surface area (TPSA) is 45.2 Å². The number of aryl methyl sites for hydroxylation is 1. The SMILES string of the molecule is Cc1nc(CCN2CCCC2)sc1C(=O)NCc1ccccc1Cl. The Balaban J connectivity index is 1.57. The van der Waals surface area contributed by atoms with Crippen LogP contribution in [0, 0.1) is 6.92 Å². The van der Waals surface area contributed by atoms with E-state index in [2.05, 4.69) is 15.2 Å². The van der Waals surface area contributed by atoms with E-state index in [1.165, 1.54) is 37.3 Å². The number of carbonyl (C=O) groups is 1. The van der Waals surface area contributed by atoms with Crippen molar-refractivity contribution in [3.8, 4) is 0 Å². The fraction of sp³-hybridized carbons (Fsp3) is 0.444. The van der Waals surface area contributed by atoms with Crippen molar-refractivity contribution >= 4 is 28.8 Å². The van der Waals surface area contributed by atoms with Crippen molar-refractivity contribution in [2.75, 3.05) is 19.6 Å². The predicted molar refractivity (Wildman–Crippen MR) is 98.9 cm³/mol. The summed E-state index contributed by atoms with van der Waals surface area (Å²) < 4.78 is 0. The third kappa shape index (κ3) is 4.35. The lowest BCUT2D eigenvalue weighted by molar-refractivity contribution is 0.0954. The van der Waals surface area contributed by atoms with E-state index in [4.69, 9.17) is 11.6 Å². The number of nitrogens with one attached hydrogen (secondary N) is 1. The van der Waals surface area contributed by atoms with Crippen molar-refractivity contribution in [1.29, 1.82) is 0 Å². The van der Waals surface area contributed by atoms with Crippen molar-refractivity contribution in [1.82, 2.24) is 15.2 Å². The summed E-state index contributed by atoms with van der Waals surface area (Å²) in [6, 6.07) is 7.55. The Labute approximate surface area is 151 Å². The number of benzene rings is 1. The highest BCUT2D eigenvalue weighted by atomic mass is 35.5. The molecule has 1 aromatic carbocycles. The van der Waals surface area contributed by atoms with Crippen molar-refractivity contribution in [3.05, 3.63) is 50.4 Å². The van der Waals surface area contributed by atoms with Gasteiger partial charge in [0.05, 0.1) is 10.7 Å². The summed E-state index contributed by atoms with van der Waals surface area (Å²) in [4.78, 5) is 20.2. The van der Waals surface area contributed by atoms with Crippen LogP contribution in [0.1, 0.15) is 38.8 Å².